The molecule has 0 aliphatic rings. The third kappa shape index (κ3) is 3.38. The lowest BCUT2D eigenvalue weighted by Gasteiger charge is -2.07. The van der Waals surface area contributed by atoms with Crippen LogP contribution in [0.4, 0.5) is 5.69 Å². The number of hydrogen-bond acceptors (Lipinski definition) is 5. The molecular weight excluding hydrogens is 274 g/mol. The minimum Gasteiger partial charge on any atom is -0.494 e. The molecule has 0 unspecified atom stereocenters. The summed E-state index contributed by atoms with van der Waals surface area (Å²) in [6.45, 7) is 2.38. The highest BCUT2D eigenvalue weighted by molar-refractivity contribution is 6.07. The number of benzene rings is 1. The van der Waals surface area contributed by atoms with Crippen molar-refractivity contribution in [2.45, 2.75) is 6.92 Å². The second kappa shape index (κ2) is 6.56. The summed E-state index contributed by atoms with van der Waals surface area (Å²) in [5, 5.41) is 8.80. The molecule has 0 bridgehead atoms. The van der Waals surface area contributed by atoms with Gasteiger partial charge in [0.15, 0.2) is 5.69 Å². The van der Waals surface area contributed by atoms with Crippen molar-refractivity contribution < 1.29 is 19.1 Å². The SMILES string of the molecule is CCOc1cccc(C(=O)Nc2cn[nH]c2C(=O)OC)c1. The van der Waals surface area contributed by atoms with Crippen LogP contribution in [-0.2, 0) is 4.74 Å². The maximum atomic E-state index is 12.2. The molecule has 0 fully saturated rings. The molecule has 0 aliphatic heterocycles. The van der Waals surface area contributed by atoms with Crippen molar-refractivity contribution in [3.05, 3.63) is 41.7 Å². The monoisotopic (exact) mass is 289 g/mol. The molecule has 1 heterocycles. The number of amides is 1. The Morgan fingerprint density at radius 2 is 2.19 bits per heavy atom. The number of aromatic nitrogens is 2. The van der Waals surface area contributed by atoms with Crippen LogP contribution in [0.25, 0.3) is 0 Å². The van der Waals surface area contributed by atoms with Gasteiger partial charge in [-0.3, -0.25) is 9.89 Å². The average Bonchev–Trinajstić information content (AvgIpc) is 2.95. The van der Waals surface area contributed by atoms with Gasteiger partial charge in [0.2, 0.25) is 0 Å². The number of aromatic amines is 1. The Kier molecular flexibility index (Phi) is 4.55. The lowest BCUT2D eigenvalue weighted by Crippen LogP contribution is -2.14. The summed E-state index contributed by atoms with van der Waals surface area (Å²) in [4.78, 5) is 23.7. The van der Waals surface area contributed by atoms with Crippen LogP contribution in [0, 0.1) is 0 Å². The zero-order chi connectivity index (χ0) is 15.2. The first kappa shape index (κ1) is 14.6. The van der Waals surface area contributed by atoms with Crippen molar-refractivity contribution in [3.8, 4) is 5.75 Å². The van der Waals surface area contributed by atoms with E-state index in [9.17, 15) is 9.59 Å². The molecule has 2 rings (SSSR count). The molecule has 1 aromatic heterocycles. The normalized spacial score (nSPS) is 10.0. The van der Waals surface area contributed by atoms with Crippen molar-refractivity contribution in [1.82, 2.24) is 10.2 Å². The molecule has 0 aliphatic carbocycles. The summed E-state index contributed by atoms with van der Waals surface area (Å²) in [6, 6.07) is 6.75. The van der Waals surface area contributed by atoms with Gasteiger partial charge >= 0.3 is 5.97 Å². The molecule has 1 aromatic carbocycles. The molecule has 0 saturated carbocycles. The van der Waals surface area contributed by atoms with Gasteiger partial charge in [-0.15, -0.1) is 0 Å². The van der Waals surface area contributed by atoms with Crippen molar-refractivity contribution in [3.63, 3.8) is 0 Å². The molecule has 7 nitrogen and oxygen atoms in total. The molecule has 0 atom stereocenters. The number of nitrogens with zero attached hydrogens (tertiary/aromatic N) is 1. The summed E-state index contributed by atoms with van der Waals surface area (Å²) in [6.07, 6.45) is 1.34. The van der Waals surface area contributed by atoms with Gasteiger partial charge in [0.05, 0.1) is 25.6 Å². The lowest BCUT2D eigenvalue weighted by molar-refractivity contribution is 0.0595. The smallest absolute Gasteiger partial charge is 0.358 e. The van der Waals surface area contributed by atoms with Crippen molar-refractivity contribution >= 4 is 17.6 Å². The van der Waals surface area contributed by atoms with Gasteiger partial charge in [0.25, 0.3) is 5.91 Å². The first-order valence-electron chi connectivity index (χ1n) is 6.31. The second-order valence-corrected chi connectivity index (χ2v) is 4.07. The van der Waals surface area contributed by atoms with E-state index in [1.165, 1.54) is 13.3 Å². The largest absolute Gasteiger partial charge is 0.494 e. The molecule has 2 N–H and O–H groups in total. The number of rotatable bonds is 5. The topological polar surface area (TPSA) is 93.3 Å². The summed E-state index contributed by atoms with van der Waals surface area (Å²) in [5.74, 6) is -0.375. The van der Waals surface area contributed by atoms with E-state index in [1.54, 1.807) is 24.3 Å². The zero-order valence-corrected chi connectivity index (χ0v) is 11.7. The second-order valence-electron chi connectivity index (χ2n) is 4.07. The first-order valence-corrected chi connectivity index (χ1v) is 6.31. The fourth-order valence-electron chi connectivity index (χ4n) is 1.73. The Morgan fingerprint density at radius 3 is 2.90 bits per heavy atom. The quantitative estimate of drug-likeness (QED) is 0.819. The first-order chi connectivity index (χ1) is 10.2. The number of ether oxygens (including phenoxy) is 2. The van der Waals surface area contributed by atoms with E-state index in [2.05, 4.69) is 20.3 Å². The van der Waals surface area contributed by atoms with E-state index < -0.39 is 5.97 Å². The lowest BCUT2D eigenvalue weighted by atomic mass is 10.2. The maximum Gasteiger partial charge on any atom is 0.358 e. The van der Waals surface area contributed by atoms with Gasteiger partial charge in [-0.1, -0.05) is 6.07 Å². The molecule has 1 amide bonds. The highest BCUT2D eigenvalue weighted by atomic mass is 16.5. The van der Waals surface area contributed by atoms with Crippen LogP contribution in [0.1, 0.15) is 27.8 Å². The van der Waals surface area contributed by atoms with Crippen LogP contribution >= 0.6 is 0 Å². The number of nitrogens with one attached hydrogen (secondary N) is 2. The van der Waals surface area contributed by atoms with E-state index in [4.69, 9.17) is 4.74 Å². The van der Waals surface area contributed by atoms with Crippen LogP contribution in [-0.4, -0.2) is 35.8 Å². The van der Waals surface area contributed by atoms with Crippen LogP contribution < -0.4 is 10.1 Å². The molecule has 110 valence electrons. The Balaban J connectivity index is 2.17. The minimum atomic E-state index is -0.606. The van der Waals surface area contributed by atoms with Crippen molar-refractivity contribution in [2.24, 2.45) is 0 Å². The number of esters is 1. The Labute approximate surface area is 121 Å². The van der Waals surface area contributed by atoms with Crippen molar-refractivity contribution in [2.75, 3.05) is 19.0 Å². The molecule has 0 radical (unpaired) electrons. The molecule has 2 aromatic rings. The van der Waals surface area contributed by atoms with Crippen molar-refractivity contribution in [1.29, 1.82) is 0 Å². The van der Waals surface area contributed by atoms with E-state index in [0.717, 1.165) is 0 Å². The summed E-state index contributed by atoms with van der Waals surface area (Å²) >= 11 is 0. The fraction of sp³-hybridized carbons (Fsp3) is 0.214. The predicted molar refractivity (Wildman–Crippen MR) is 75.5 cm³/mol. The predicted octanol–water partition coefficient (Wildman–Crippen LogP) is 1.85. The van der Waals surface area contributed by atoms with Gasteiger partial charge in [-0.2, -0.15) is 5.10 Å². The summed E-state index contributed by atoms with van der Waals surface area (Å²) in [7, 11) is 1.25. The number of methoxy groups -OCH3 is 1. The third-order valence-electron chi connectivity index (χ3n) is 2.68. The van der Waals surface area contributed by atoms with Crippen LogP contribution in [0.2, 0.25) is 0 Å². The number of H-pyrrole nitrogens is 1. The molecule has 7 heteroatoms. The van der Waals surface area contributed by atoms with E-state index in [0.29, 0.717) is 17.9 Å². The fourth-order valence-corrected chi connectivity index (χ4v) is 1.73. The standard InChI is InChI=1S/C14H15N3O4/c1-3-21-10-6-4-5-9(7-10)13(18)16-11-8-15-17-12(11)14(19)20-2/h4-8H,3H2,1-2H3,(H,15,17)(H,16,18). The summed E-state index contributed by atoms with van der Waals surface area (Å²) < 4.78 is 9.93. The van der Waals surface area contributed by atoms with Crippen LogP contribution in [0.5, 0.6) is 5.75 Å². The van der Waals surface area contributed by atoms with Gasteiger partial charge in [0.1, 0.15) is 5.75 Å². The molecule has 0 spiro atoms. The number of anilines is 1. The molecule has 21 heavy (non-hydrogen) atoms. The van der Waals surface area contributed by atoms with E-state index in [-0.39, 0.29) is 17.3 Å². The average molecular weight is 289 g/mol. The zero-order valence-electron chi connectivity index (χ0n) is 11.7. The summed E-state index contributed by atoms with van der Waals surface area (Å²) in [5.41, 5.74) is 0.762. The number of carbonyl (C=O) groups excluding carboxylic acids is 2. The van der Waals surface area contributed by atoms with E-state index in [1.807, 2.05) is 6.92 Å². The van der Waals surface area contributed by atoms with Crippen LogP contribution in [0.3, 0.4) is 0 Å². The van der Waals surface area contributed by atoms with Gasteiger partial charge in [-0.25, -0.2) is 4.79 Å². The molecular formula is C14H15N3O4. The highest BCUT2D eigenvalue weighted by Crippen LogP contribution is 2.17. The van der Waals surface area contributed by atoms with Gasteiger partial charge in [-0.05, 0) is 25.1 Å². The number of carbonyl (C=O) groups is 2. The van der Waals surface area contributed by atoms with Gasteiger partial charge < -0.3 is 14.8 Å². The third-order valence-corrected chi connectivity index (χ3v) is 2.68. The van der Waals surface area contributed by atoms with Gasteiger partial charge in [0, 0.05) is 5.56 Å². The maximum absolute atomic E-state index is 12.2. The highest BCUT2D eigenvalue weighted by Gasteiger charge is 2.17. The van der Waals surface area contributed by atoms with Crippen LogP contribution in [0.15, 0.2) is 30.5 Å². The minimum absolute atomic E-state index is 0.0896. The van der Waals surface area contributed by atoms with E-state index >= 15 is 0 Å². The Bertz CT molecular complexity index is 651. The Hall–Kier alpha value is -2.83. The molecule has 0 saturated heterocycles. The number of hydrogen-bond donors (Lipinski definition) is 2. The Morgan fingerprint density at radius 1 is 1.38 bits per heavy atom.